The van der Waals surface area contributed by atoms with Crippen LogP contribution >= 0.6 is 0 Å². The zero-order valence-corrected chi connectivity index (χ0v) is 8.86. The summed E-state index contributed by atoms with van der Waals surface area (Å²) >= 11 is 0. The average Bonchev–Trinajstić information content (AvgIpc) is 2.04. The molecule has 74 valence electrons. The first-order chi connectivity index (χ1) is 5.39. The SMILES string of the molecule is CCC(C)(CS(=O)(=O)NC)OC. The maximum absolute atomic E-state index is 11.1. The third kappa shape index (κ3) is 3.51. The Balaban J connectivity index is 4.42. The molecule has 0 aromatic rings. The Morgan fingerprint density at radius 1 is 1.50 bits per heavy atom. The average molecular weight is 195 g/mol. The van der Waals surface area contributed by atoms with E-state index in [0.717, 1.165) is 0 Å². The van der Waals surface area contributed by atoms with Crippen molar-refractivity contribution in [2.24, 2.45) is 0 Å². The number of nitrogens with one attached hydrogen (secondary N) is 1. The fraction of sp³-hybridized carbons (Fsp3) is 1.00. The normalized spacial score (nSPS) is 17.3. The predicted octanol–water partition coefficient (Wildman–Crippen LogP) is 0.351. The van der Waals surface area contributed by atoms with Crippen molar-refractivity contribution in [2.75, 3.05) is 19.9 Å². The second-order valence-corrected chi connectivity index (χ2v) is 4.90. The summed E-state index contributed by atoms with van der Waals surface area (Å²) in [5.74, 6) is 0.00347. The lowest BCUT2D eigenvalue weighted by Crippen LogP contribution is -2.39. The molecule has 0 rings (SSSR count). The Bertz CT molecular complexity index is 219. The lowest BCUT2D eigenvalue weighted by molar-refractivity contribution is 0.0224. The summed E-state index contributed by atoms with van der Waals surface area (Å²) in [6.07, 6.45) is 0.671. The van der Waals surface area contributed by atoms with Crippen LogP contribution in [0.1, 0.15) is 20.3 Å². The van der Waals surface area contributed by atoms with Gasteiger partial charge in [0.1, 0.15) is 0 Å². The molecule has 1 atom stereocenters. The third-order valence-corrected chi connectivity index (χ3v) is 3.66. The Labute approximate surface area is 74.4 Å². The second-order valence-electron chi connectivity index (χ2n) is 2.97. The number of hydrogen-bond acceptors (Lipinski definition) is 3. The molecule has 1 unspecified atom stereocenters. The zero-order valence-electron chi connectivity index (χ0n) is 8.05. The Kier molecular flexibility index (Phi) is 4.16. The van der Waals surface area contributed by atoms with Crippen LogP contribution in [0.3, 0.4) is 0 Å². The quantitative estimate of drug-likeness (QED) is 0.688. The van der Waals surface area contributed by atoms with Crippen LogP contribution in [-0.4, -0.2) is 33.9 Å². The summed E-state index contributed by atoms with van der Waals surface area (Å²) in [5.41, 5.74) is -0.582. The van der Waals surface area contributed by atoms with Gasteiger partial charge in [-0.25, -0.2) is 13.1 Å². The summed E-state index contributed by atoms with van der Waals surface area (Å²) < 4.78 is 29.6. The molecule has 0 saturated carbocycles. The highest BCUT2D eigenvalue weighted by Gasteiger charge is 2.27. The summed E-state index contributed by atoms with van der Waals surface area (Å²) in [4.78, 5) is 0. The number of sulfonamides is 1. The number of methoxy groups -OCH3 is 1. The molecule has 4 nitrogen and oxygen atoms in total. The molecule has 0 aliphatic carbocycles. The van der Waals surface area contributed by atoms with Gasteiger partial charge in [-0.3, -0.25) is 0 Å². The lowest BCUT2D eigenvalue weighted by Gasteiger charge is -2.25. The molecule has 0 bridgehead atoms. The molecule has 0 radical (unpaired) electrons. The minimum atomic E-state index is -3.18. The van der Waals surface area contributed by atoms with Gasteiger partial charge in [-0.05, 0) is 20.4 Å². The van der Waals surface area contributed by atoms with Gasteiger partial charge >= 0.3 is 0 Å². The summed E-state index contributed by atoms with van der Waals surface area (Å²) in [6.45, 7) is 3.68. The standard InChI is InChI=1S/C7H17NO3S/c1-5-7(2,11-4)6-12(9,10)8-3/h8H,5-6H2,1-4H3. The minimum absolute atomic E-state index is 0.00347. The molecular formula is C7H17NO3S. The number of ether oxygens (including phenoxy) is 1. The van der Waals surface area contributed by atoms with E-state index in [1.165, 1.54) is 14.2 Å². The van der Waals surface area contributed by atoms with Crippen molar-refractivity contribution >= 4 is 10.0 Å². The van der Waals surface area contributed by atoms with Gasteiger partial charge in [-0.15, -0.1) is 0 Å². The van der Waals surface area contributed by atoms with E-state index in [1.54, 1.807) is 6.92 Å². The van der Waals surface area contributed by atoms with Crippen molar-refractivity contribution < 1.29 is 13.2 Å². The van der Waals surface area contributed by atoms with E-state index in [0.29, 0.717) is 6.42 Å². The van der Waals surface area contributed by atoms with Crippen LogP contribution in [-0.2, 0) is 14.8 Å². The first-order valence-electron chi connectivity index (χ1n) is 3.85. The molecule has 0 amide bonds. The van der Waals surface area contributed by atoms with E-state index in [2.05, 4.69) is 4.72 Å². The van der Waals surface area contributed by atoms with E-state index >= 15 is 0 Å². The maximum Gasteiger partial charge on any atom is 0.214 e. The molecule has 0 heterocycles. The highest BCUT2D eigenvalue weighted by atomic mass is 32.2. The topological polar surface area (TPSA) is 55.4 Å². The smallest absolute Gasteiger partial charge is 0.214 e. The van der Waals surface area contributed by atoms with Gasteiger partial charge in [-0.2, -0.15) is 0 Å². The zero-order chi connectivity index (χ0) is 9.83. The van der Waals surface area contributed by atoms with Crippen LogP contribution in [0.15, 0.2) is 0 Å². The highest BCUT2D eigenvalue weighted by Crippen LogP contribution is 2.15. The number of rotatable bonds is 5. The van der Waals surface area contributed by atoms with Gasteiger partial charge in [-0.1, -0.05) is 6.92 Å². The van der Waals surface area contributed by atoms with Crippen molar-refractivity contribution in [2.45, 2.75) is 25.9 Å². The van der Waals surface area contributed by atoms with Crippen molar-refractivity contribution in [3.8, 4) is 0 Å². The first kappa shape index (κ1) is 11.9. The van der Waals surface area contributed by atoms with Crippen molar-refractivity contribution in [1.29, 1.82) is 0 Å². The van der Waals surface area contributed by atoms with Gasteiger partial charge in [0.25, 0.3) is 0 Å². The molecule has 1 N–H and O–H groups in total. The molecule has 0 spiro atoms. The summed E-state index contributed by atoms with van der Waals surface area (Å²) in [7, 11) is -0.250. The predicted molar refractivity (Wildman–Crippen MR) is 48.6 cm³/mol. The van der Waals surface area contributed by atoms with Crippen molar-refractivity contribution in [1.82, 2.24) is 4.72 Å². The number of hydrogen-bond donors (Lipinski definition) is 1. The van der Waals surface area contributed by atoms with Gasteiger partial charge in [0.2, 0.25) is 10.0 Å². The maximum atomic E-state index is 11.1. The molecule has 0 aromatic heterocycles. The molecule has 0 aliphatic rings. The van der Waals surface area contributed by atoms with Crippen molar-refractivity contribution in [3.63, 3.8) is 0 Å². The van der Waals surface area contributed by atoms with Gasteiger partial charge in [0.15, 0.2) is 0 Å². The molecule has 0 fully saturated rings. The van der Waals surface area contributed by atoms with Gasteiger partial charge < -0.3 is 4.74 Å². The van der Waals surface area contributed by atoms with E-state index < -0.39 is 15.6 Å². The van der Waals surface area contributed by atoms with Crippen molar-refractivity contribution in [3.05, 3.63) is 0 Å². The molecule has 0 saturated heterocycles. The lowest BCUT2D eigenvalue weighted by atomic mass is 10.1. The van der Waals surface area contributed by atoms with Crippen LogP contribution in [0.4, 0.5) is 0 Å². The van der Waals surface area contributed by atoms with Crippen LogP contribution in [0, 0.1) is 0 Å². The fourth-order valence-corrected chi connectivity index (χ4v) is 2.05. The second kappa shape index (κ2) is 4.20. The molecular weight excluding hydrogens is 178 g/mol. The van der Waals surface area contributed by atoms with E-state index in [4.69, 9.17) is 4.74 Å². The van der Waals surface area contributed by atoms with Crippen LogP contribution in [0.5, 0.6) is 0 Å². The van der Waals surface area contributed by atoms with E-state index in [1.807, 2.05) is 6.92 Å². The van der Waals surface area contributed by atoms with Gasteiger partial charge in [0, 0.05) is 7.11 Å². The molecule has 0 aliphatic heterocycles. The largest absolute Gasteiger partial charge is 0.377 e. The summed E-state index contributed by atoms with van der Waals surface area (Å²) in [6, 6.07) is 0. The third-order valence-electron chi connectivity index (χ3n) is 2.05. The minimum Gasteiger partial charge on any atom is -0.377 e. The Hall–Kier alpha value is -0.130. The Morgan fingerprint density at radius 2 is 2.00 bits per heavy atom. The van der Waals surface area contributed by atoms with Crippen LogP contribution < -0.4 is 4.72 Å². The monoisotopic (exact) mass is 195 g/mol. The first-order valence-corrected chi connectivity index (χ1v) is 5.50. The molecule has 5 heteroatoms. The Morgan fingerprint density at radius 3 is 2.25 bits per heavy atom. The van der Waals surface area contributed by atoms with E-state index in [-0.39, 0.29) is 5.75 Å². The molecule has 12 heavy (non-hydrogen) atoms. The van der Waals surface area contributed by atoms with E-state index in [9.17, 15) is 8.42 Å². The highest BCUT2D eigenvalue weighted by molar-refractivity contribution is 7.89. The van der Waals surface area contributed by atoms with Crippen LogP contribution in [0.2, 0.25) is 0 Å². The fourth-order valence-electron chi connectivity index (χ4n) is 0.779. The molecule has 0 aromatic carbocycles. The summed E-state index contributed by atoms with van der Waals surface area (Å²) in [5, 5.41) is 0. The van der Waals surface area contributed by atoms with Gasteiger partial charge in [0.05, 0.1) is 11.4 Å². The van der Waals surface area contributed by atoms with Crippen LogP contribution in [0.25, 0.3) is 0 Å².